The lowest BCUT2D eigenvalue weighted by atomic mass is 9.93. The first-order chi connectivity index (χ1) is 20.7. The fourth-order valence-electron chi connectivity index (χ4n) is 4.82. The third-order valence-electron chi connectivity index (χ3n) is 7.01. The van der Waals surface area contributed by atoms with E-state index in [1.165, 1.54) is 11.8 Å². The smallest absolute Gasteiger partial charge is 0.326 e. The molecular weight excluding hydrogens is 583 g/mol. The van der Waals surface area contributed by atoms with Crippen LogP contribution in [0.25, 0.3) is 11.1 Å². The molecular formula is C33H35N3O5S2. The van der Waals surface area contributed by atoms with Crippen LogP contribution >= 0.6 is 11.8 Å². The predicted octanol–water partition coefficient (Wildman–Crippen LogP) is 6.35. The van der Waals surface area contributed by atoms with Crippen molar-refractivity contribution >= 4 is 46.3 Å². The van der Waals surface area contributed by atoms with E-state index in [4.69, 9.17) is 0 Å². The Morgan fingerprint density at radius 3 is 2.21 bits per heavy atom. The fraction of sp³-hybridized carbons (Fsp3) is 0.212. The normalized spacial score (nSPS) is 12.3. The number of aryl methyl sites for hydroxylation is 1. The number of thioether (sulfide) groups is 1. The third-order valence-corrected chi connectivity index (χ3v) is 8.06. The number of hydrogen-bond donors (Lipinski definition) is 4. The SMILES string of the molecule is CSCC[C@H](NC(=O)c1ccc(CN(Cc2ccccc2)c2ccc(NS(=O)O)cc2)cc1-c1ccccc1C)C(=O)O. The highest BCUT2D eigenvalue weighted by Gasteiger charge is 2.23. The van der Waals surface area contributed by atoms with E-state index < -0.39 is 29.2 Å². The van der Waals surface area contributed by atoms with Crippen molar-refractivity contribution < 1.29 is 23.5 Å². The Morgan fingerprint density at radius 1 is 0.884 bits per heavy atom. The van der Waals surface area contributed by atoms with E-state index in [1.54, 1.807) is 18.2 Å². The molecule has 0 radical (unpaired) electrons. The van der Waals surface area contributed by atoms with Gasteiger partial charge in [-0.15, -0.1) is 0 Å². The summed E-state index contributed by atoms with van der Waals surface area (Å²) in [4.78, 5) is 27.5. The van der Waals surface area contributed by atoms with Gasteiger partial charge in [0.05, 0.1) is 0 Å². The van der Waals surface area contributed by atoms with Crippen molar-refractivity contribution in [3.05, 3.63) is 119 Å². The Morgan fingerprint density at radius 2 is 1.56 bits per heavy atom. The molecule has 0 aromatic heterocycles. The standard InChI is InChI=1S/C33H35N3O5S2/c1-23-8-6-7-11-28(23)30-20-25(12-17-29(30)32(37)34-31(33(38)39)18-19-42-2)22-36(21-24-9-4-3-5-10-24)27-15-13-26(14-16-27)35-43(40)41/h3-17,20,31,35H,18-19,21-22H2,1-2H3,(H,34,37)(H,38,39)(H,40,41)/t31-/m0/s1. The molecule has 0 spiro atoms. The van der Waals surface area contributed by atoms with Crippen molar-refractivity contribution in [2.75, 3.05) is 21.6 Å². The van der Waals surface area contributed by atoms with Gasteiger partial charge in [-0.25, -0.2) is 9.00 Å². The Balaban J connectivity index is 1.71. The van der Waals surface area contributed by atoms with Crippen molar-refractivity contribution in [3.63, 3.8) is 0 Å². The summed E-state index contributed by atoms with van der Waals surface area (Å²) >= 11 is -0.630. The minimum atomic E-state index is -2.16. The molecule has 0 aliphatic carbocycles. The molecule has 8 nitrogen and oxygen atoms in total. The van der Waals surface area contributed by atoms with Crippen LogP contribution in [0, 0.1) is 6.92 Å². The van der Waals surface area contributed by atoms with Crippen LogP contribution in [0.5, 0.6) is 0 Å². The second kappa shape index (κ2) is 15.4. The number of carbonyl (C=O) groups is 2. The highest BCUT2D eigenvalue weighted by atomic mass is 32.2. The van der Waals surface area contributed by atoms with Gasteiger partial charge >= 0.3 is 5.97 Å². The average Bonchev–Trinajstić information content (AvgIpc) is 2.99. The van der Waals surface area contributed by atoms with Gasteiger partial charge in [0.25, 0.3) is 17.2 Å². The van der Waals surface area contributed by atoms with Gasteiger partial charge in [0, 0.05) is 30.0 Å². The van der Waals surface area contributed by atoms with Crippen LogP contribution in [0.2, 0.25) is 0 Å². The van der Waals surface area contributed by atoms with Gasteiger partial charge in [-0.05, 0) is 89.6 Å². The van der Waals surface area contributed by atoms with E-state index >= 15 is 0 Å². The number of carboxylic acid groups (broad SMARTS) is 1. The molecule has 0 heterocycles. The topological polar surface area (TPSA) is 119 Å². The monoisotopic (exact) mass is 617 g/mol. The summed E-state index contributed by atoms with van der Waals surface area (Å²) in [5, 5.41) is 12.4. The average molecular weight is 618 g/mol. The first kappa shape index (κ1) is 31.8. The van der Waals surface area contributed by atoms with Crippen LogP contribution in [0.1, 0.15) is 33.5 Å². The van der Waals surface area contributed by atoms with Crippen LogP contribution in [0.4, 0.5) is 11.4 Å². The second-order valence-electron chi connectivity index (χ2n) is 10.1. The zero-order valence-corrected chi connectivity index (χ0v) is 25.7. The molecule has 0 fully saturated rings. The van der Waals surface area contributed by atoms with E-state index in [0.29, 0.717) is 36.5 Å². The lowest BCUT2D eigenvalue weighted by Crippen LogP contribution is -2.41. The molecule has 0 bridgehead atoms. The molecule has 0 saturated heterocycles. The molecule has 10 heteroatoms. The number of benzene rings is 4. The molecule has 43 heavy (non-hydrogen) atoms. The van der Waals surface area contributed by atoms with Crippen LogP contribution < -0.4 is 14.9 Å². The number of nitrogens with one attached hydrogen (secondary N) is 2. The molecule has 1 unspecified atom stereocenters. The van der Waals surface area contributed by atoms with Gasteiger partial charge in [-0.3, -0.25) is 14.1 Å². The van der Waals surface area contributed by atoms with Gasteiger partial charge in [0.15, 0.2) is 0 Å². The van der Waals surface area contributed by atoms with Crippen molar-refractivity contribution in [1.82, 2.24) is 5.32 Å². The highest BCUT2D eigenvalue weighted by molar-refractivity contribution is 7.98. The summed E-state index contributed by atoms with van der Waals surface area (Å²) in [7, 11) is 0. The lowest BCUT2D eigenvalue weighted by Gasteiger charge is -2.26. The Labute approximate surface area is 258 Å². The number of carbonyl (C=O) groups excluding carboxylic acids is 1. The van der Waals surface area contributed by atoms with Crippen LogP contribution in [0.15, 0.2) is 97.1 Å². The summed E-state index contributed by atoms with van der Waals surface area (Å²) in [6.07, 6.45) is 2.23. The summed E-state index contributed by atoms with van der Waals surface area (Å²) in [5.41, 5.74) is 6.54. The van der Waals surface area contributed by atoms with Gasteiger partial charge in [-0.1, -0.05) is 60.7 Å². The van der Waals surface area contributed by atoms with E-state index in [1.807, 2.05) is 79.9 Å². The number of anilines is 2. The summed E-state index contributed by atoms with van der Waals surface area (Å²) in [5.74, 6) is -0.865. The van der Waals surface area contributed by atoms with E-state index in [2.05, 4.69) is 27.1 Å². The molecule has 4 aromatic rings. The molecule has 4 aromatic carbocycles. The van der Waals surface area contributed by atoms with Crippen molar-refractivity contribution in [1.29, 1.82) is 0 Å². The number of rotatable bonds is 14. The van der Waals surface area contributed by atoms with Crippen LogP contribution in [0.3, 0.4) is 0 Å². The molecule has 0 aliphatic rings. The van der Waals surface area contributed by atoms with Gasteiger partial charge in [0.1, 0.15) is 6.04 Å². The maximum absolute atomic E-state index is 13.5. The van der Waals surface area contributed by atoms with E-state index in [0.717, 1.165) is 33.5 Å². The lowest BCUT2D eigenvalue weighted by molar-refractivity contribution is -0.139. The maximum Gasteiger partial charge on any atom is 0.326 e. The minimum absolute atomic E-state index is 0.330. The first-order valence-corrected chi connectivity index (χ1v) is 16.2. The van der Waals surface area contributed by atoms with Crippen LogP contribution in [-0.4, -0.2) is 43.8 Å². The Hall–Kier alpha value is -4.12. The molecule has 0 saturated carbocycles. The number of amides is 1. The van der Waals surface area contributed by atoms with Crippen molar-refractivity contribution in [2.45, 2.75) is 32.5 Å². The summed E-state index contributed by atoms with van der Waals surface area (Å²) in [6, 6.07) is 29.9. The fourth-order valence-corrected chi connectivity index (χ4v) is 5.63. The highest BCUT2D eigenvalue weighted by Crippen LogP contribution is 2.30. The van der Waals surface area contributed by atoms with E-state index in [9.17, 15) is 23.5 Å². The maximum atomic E-state index is 13.5. The Bertz CT molecular complexity index is 1560. The predicted molar refractivity (Wildman–Crippen MR) is 176 cm³/mol. The van der Waals surface area contributed by atoms with Crippen molar-refractivity contribution in [2.24, 2.45) is 0 Å². The number of nitrogens with zero attached hydrogens (tertiary/aromatic N) is 1. The molecule has 2 atom stereocenters. The third kappa shape index (κ3) is 8.93. The number of aliphatic carboxylic acids is 1. The second-order valence-corrected chi connectivity index (χ2v) is 11.8. The van der Waals surface area contributed by atoms with Gasteiger partial charge in [-0.2, -0.15) is 11.8 Å². The summed E-state index contributed by atoms with van der Waals surface area (Å²) < 4.78 is 22.9. The minimum Gasteiger partial charge on any atom is -0.480 e. The van der Waals surface area contributed by atoms with Gasteiger partial charge in [0.2, 0.25) is 0 Å². The number of carboxylic acids is 1. The molecule has 4 N–H and O–H groups in total. The zero-order chi connectivity index (χ0) is 30.8. The largest absolute Gasteiger partial charge is 0.480 e. The van der Waals surface area contributed by atoms with Crippen molar-refractivity contribution in [3.8, 4) is 11.1 Å². The molecule has 1 amide bonds. The molecule has 224 valence electrons. The van der Waals surface area contributed by atoms with Crippen LogP contribution in [-0.2, 0) is 29.2 Å². The zero-order valence-electron chi connectivity index (χ0n) is 24.0. The molecule has 0 aliphatic heterocycles. The van der Waals surface area contributed by atoms with Gasteiger partial charge < -0.3 is 15.3 Å². The quantitative estimate of drug-likeness (QED) is 0.122. The summed E-state index contributed by atoms with van der Waals surface area (Å²) in [6.45, 7) is 3.11. The number of hydrogen-bond acceptors (Lipinski definition) is 5. The van der Waals surface area contributed by atoms with E-state index in [-0.39, 0.29) is 0 Å². The first-order valence-electron chi connectivity index (χ1n) is 13.7. The Kier molecular flexibility index (Phi) is 11.4. The molecule has 4 rings (SSSR count).